The van der Waals surface area contributed by atoms with Crippen LogP contribution in [0, 0.1) is 10.1 Å². The van der Waals surface area contributed by atoms with E-state index in [9.17, 15) is 32.9 Å². The molecule has 2 aromatic carbocycles. The Bertz CT molecular complexity index is 1160. The standard InChI is InChI=1S/C20H12ClF3N2O6/c21-14-7-6-12(10-13(14)20(22,23)24)25-18(27)17(11-4-2-1-3-5-11)32-19(28)15-8-9-16(31-15)26(29)30/h1-10,17H,(H,25,27)/t17-/m1/s1. The highest BCUT2D eigenvalue weighted by molar-refractivity contribution is 6.31. The van der Waals surface area contributed by atoms with Crippen molar-refractivity contribution in [2.45, 2.75) is 12.3 Å². The lowest BCUT2D eigenvalue weighted by molar-refractivity contribution is -0.402. The molecule has 1 N–H and O–H groups in total. The number of nitrogens with zero attached hydrogens (tertiary/aromatic N) is 1. The van der Waals surface area contributed by atoms with Crippen molar-refractivity contribution in [3.8, 4) is 0 Å². The highest BCUT2D eigenvalue weighted by Crippen LogP contribution is 2.36. The van der Waals surface area contributed by atoms with Gasteiger partial charge in [0.05, 0.1) is 16.7 Å². The van der Waals surface area contributed by atoms with Crippen LogP contribution in [0.3, 0.4) is 0 Å². The molecule has 1 aromatic heterocycles. The molecule has 0 bridgehead atoms. The van der Waals surface area contributed by atoms with Gasteiger partial charge in [-0.25, -0.2) is 4.79 Å². The molecule has 0 aliphatic carbocycles. The molecule has 0 saturated carbocycles. The third kappa shape index (κ3) is 5.24. The number of carbonyl (C=O) groups is 2. The minimum Gasteiger partial charge on any atom is -0.441 e. The van der Waals surface area contributed by atoms with E-state index in [-0.39, 0.29) is 11.3 Å². The van der Waals surface area contributed by atoms with Gasteiger partial charge in [-0.15, -0.1) is 0 Å². The Morgan fingerprint density at radius 3 is 2.38 bits per heavy atom. The van der Waals surface area contributed by atoms with Gasteiger partial charge in [-0.2, -0.15) is 13.2 Å². The highest BCUT2D eigenvalue weighted by atomic mass is 35.5. The van der Waals surface area contributed by atoms with Crippen molar-refractivity contribution in [1.29, 1.82) is 0 Å². The number of ether oxygens (including phenoxy) is 1. The van der Waals surface area contributed by atoms with Crippen LogP contribution in [0.1, 0.15) is 27.8 Å². The van der Waals surface area contributed by atoms with Crippen LogP contribution >= 0.6 is 11.6 Å². The molecule has 0 radical (unpaired) electrons. The van der Waals surface area contributed by atoms with Crippen LogP contribution in [-0.4, -0.2) is 16.8 Å². The Labute approximate surface area is 182 Å². The smallest absolute Gasteiger partial charge is 0.433 e. The fourth-order valence-corrected chi connectivity index (χ4v) is 2.85. The second kappa shape index (κ2) is 9.10. The van der Waals surface area contributed by atoms with Gasteiger partial charge in [-0.1, -0.05) is 41.9 Å². The molecule has 12 heteroatoms. The molecule has 0 spiro atoms. The minimum atomic E-state index is -4.75. The van der Waals surface area contributed by atoms with E-state index in [2.05, 4.69) is 5.32 Å². The van der Waals surface area contributed by atoms with E-state index in [1.807, 2.05) is 0 Å². The van der Waals surface area contributed by atoms with Crippen molar-refractivity contribution in [2.24, 2.45) is 0 Å². The molecule has 8 nitrogen and oxygen atoms in total. The summed E-state index contributed by atoms with van der Waals surface area (Å²) in [6.07, 6.45) is -6.35. The number of benzene rings is 2. The summed E-state index contributed by atoms with van der Waals surface area (Å²) in [6, 6.07) is 12.3. The van der Waals surface area contributed by atoms with Crippen LogP contribution in [0.4, 0.5) is 24.7 Å². The summed E-state index contributed by atoms with van der Waals surface area (Å²) in [7, 11) is 0. The first-order valence-corrected chi connectivity index (χ1v) is 9.12. The van der Waals surface area contributed by atoms with Gasteiger partial charge in [-0.05, 0) is 24.3 Å². The lowest BCUT2D eigenvalue weighted by atomic mass is 10.1. The second-order valence-corrected chi connectivity index (χ2v) is 6.68. The van der Waals surface area contributed by atoms with Crippen LogP contribution in [-0.2, 0) is 15.7 Å². The molecule has 0 unspecified atom stereocenters. The number of nitro groups is 1. The van der Waals surface area contributed by atoms with Gasteiger partial charge in [0.15, 0.2) is 0 Å². The van der Waals surface area contributed by atoms with Crippen LogP contribution in [0.5, 0.6) is 0 Å². The van der Waals surface area contributed by atoms with Gasteiger partial charge < -0.3 is 14.5 Å². The van der Waals surface area contributed by atoms with E-state index in [0.717, 1.165) is 24.3 Å². The van der Waals surface area contributed by atoms with Crippen molar-refractivity contribution >= 4 is 35.0 Å². The molecule has 3 rings (SSSR count). The van der Waals surface area contributed by atoms with Gasteiger partial charge in [0.2, 0.25) is 11.9 Å². The van der Waals surface area contributed by atoms with E-state index >= 15 is 0 Å². The molecular weight excluding hydrogens is 457 g/mol. The van der Waals surface area contributed by atoms with Gasteiger partial charge >= 0.3 is 18.0 Å². The molecule has 1 atom stereocenters. The summed E-state index contributed by atoms with van der Waals surface area (Å²) in [5.74, 6) is -3.40. The molecule has 1 amide bonds. The Morgan fingerprint density at radius 1 is 1.09 bits per heavy atom. The normalized spacial score (nSPS) is 12.1. The van der Waals surface area contributed by atoms with E-state index in [1.165, 1.54) is 12.1 Å². The fourth-order valence-electron chi connectivity index (χ4n) is 2.63. The number of carbonyl (C=O) groups excluding carboxylic acids is 2. The van der Waals surface area contributed by atoms with Crippen molar-refractivity contribution in [3.05, 3.63) is 92.7 Å². The predicted octanol–water partition coefficient (Wildman–Crippen LogP) is 5.40. The first-order chi connectivity index (χ1) is 15.1. The maximum atomic E-state index is 13.1. The topological polar surface area (TPSA) is 112 Å². The zero-order valence-electron chi connectivity index (χ0n) is 15.8. The number of hydrogen-bond acceptors (Lipinski definition) is 6. The summed E-state index contributed by atoms with van der Waals surface area (Å²) in [5, 5.41) is 12.4. The summed E-state index contributed by atoms with van der Waals surface area (Å²) in [6.45, 7) is 0. The number of hydrogen-bond donors (Lipinski definition) is 1. The molecule has 0 aliphatic heterocycles. The summed E-state index contributed by atoms with van der Waals surface area (Å²) < 4.78 is 49.2. The summed E-state index contributed by atoms with van der Waals surface area (Å²) in [5.41, 5.74) is -1.20. The van der Waals surface area contributed by atoms with E-state index in [4.69, 9.17) is 20.8 Å². The predicted molar refractivity (Wildman–Crippen MR) is 105 cm³/mol. The minimum absolute atomic E-state index is 0.199. The molecule has 3 aromatic rings. The highest BCUT2D eigenvalue weighted by Gasteiger charge is 2.34. The lowest BCUT2D eigenvalue weighted by Gasteiger charge is -2.18. The maximum Gasteiger partial charge on any atom is 0.433 e. The Morgan fingerprint density at radius 2 is 1.78 bits per heavy atom. The number of furan rings is 1. The van der Waals surface area contributed by atoms with Crippen molar-refractivity contribution in [2.75, 3.05) is 5.32 Å². The molecule has 1 heterocycles. The molecule has 32 heavy (non-hydrogen) atoms. The lowest BCUT2D eigenvalue weighted by Crippen LogP contribution is -2.26. The number of anilines is 1. The zero-order chi connectivity index (χ0) is 23.5. The van der Waals surface area contributed by atoms with Crippen molar-refractivity contribution < 1.29 is 36.8 Å². The summed E-state index contributed by atoms with van der Waals surface area (Å²) in [4.78, 5) is 35.0. The molecule has 166 valence electrons. The molecule has 0 aliphatic rings. The number of nitrogens with one attached hydrogen (secondary N) is 1. The number of alkyl halides is 3. The third-order valence-corrected chi connectivity index (χ3v) is 4.41. The Kier molecular flexibility index (Phi) is 6.49. The molecule has 0 saturated heterocycles. The quantitative estimate of drug-likeness (QED) is 0.294. The van der Waals surface area contributed by atoms with E-state index in [1.54, 1.807) is 18.2 Å². The summed E-state index contributed by atoms with van der Waals surface area (Å²) >= 11 is 5.58. The number of halogens is 4. The van der Waals surface area contributed by atoms with Gasteiger partial charge in [0.25, 0.3) is 5.91 Å². The molecular formula is C20H12ClF3N2O6. The fraction of sp³-hybridized carbons (Fsp3) is 0.100. The Hall–Kier alpha value is -3.86. The third-order valence-electron chi connectivity index (χ3n) is 4.08. The second-order valence-electron chi connectivity index (χ2n) is 6.27. The monoisotopic (exact) mass is 468 g/mol. The van der Waals surface area contributed by atoms with E-state index in [0.29, 0.717) is 6.07 Å². The van der Waals surface area contributed by atoms with Gasteiger partial charge in [0.1, 0.15) is 4.92 Å². The maximum absolute atomic E-state index is 13.1. The first-order valence-electron chi connectivity index (χ1n) is 8.74. The zero-order valence-corrected chi connectivity index (χ0v) is 16.5. The average Bonchev–Trinajstić information content (AvgIpc) is 3.24. The Balaban J connectivity index is 1.87. The number of amides is 1. The average molecular weight is 469 g/mol. The largest absolute Gasteiger partial charge is 0.441 e. The van der Waals surface area contributed by atoms with Crippen LogP contribution in [0.2, 0.25) is 5.02 Å². The van der Waals surface area contributed by atoms with E-state index < -0.39 is 51.3 Å². The van der Waals surface area contributed by atoms with Crippen molar-refractivity contribution in [3.63, 3.8) is 0 Å². The van der Waals surface area contributed by atoms with Gasteiger partial charge in [-0.3, -0.25) is 14.9 Å². The SMILES string of the molecule is O=C(O[C@@H](C(=O)Nc1ccc(Cl)c(C(F)(F)F)c1)c1ccccc1)c1ccc([N+](=O)[O-])o1. The van der Waals surface area contributed by atoms with Crippen LogP contribution < -0.4 is 5.32 Å². The van der Waals surface area contributed by atoms with Gasteiger partial charge in [0, 0.05) is 11.3 Å². The first kappa shape index (κ1) is 22.8. The van der Waals surface area contributed by atoms with Crippen LogP contribution in [0.25, 0.3) is 0 Å². The van der Waals surface area contributed by atoms with Crippen molar-refractivity contribution in [1.82, 2.24) is 0 Å². The molecule has 0 fully saturated rings. The van der Waals surface area contributed by atoms with Crippen LogP contribution in [0.15, 0.2) is 65.1 Å². The number of esters is 1. The number of rotatable bonds is 6.